The molecule has 4 nitrogen and oxygen atoms in total. The third-order valence-electron chi connectivity index (χ3n) is 2.20. The summed E-state index contributed by atoms with van der Waals surface area (Å²) < 4.78 is 1.68. The van der Waals surface area contributed by atoms with Crippen LogP contribution in [0.1, 0.15) is 18.5 Å². The molecule has 0 aliphatic rings. The molecule has 1 atom stereocenters. The Kier molecular flexibility index (Phi) is 1.96. The van der Waals surface area contributed by atoms with Crippen molar-refractivity contribution in [2.45, 2.75) is 12.8 Å². The third kappa shape index (κ3) is 1.35. The smallest absolute Gasteiger partial charge is 0.312 e. The lowest BCUT2D eigenvalue weighted by Crippen LogP contribution is -2.07. The number of carboxylic acids is 1. The van der Waals surface area contributed by atoms with E-state index in [4.69, 9.17) is 5.11 Å². The van der Waals surface area contributed by atoms with Crippen LogP contribution in [0.5, 0.6) is 0 Å². The van der Waals surface area contributed by atoms with E-state index >= 15 is 0 Å². The van der Waals surface area contributed by atoms with E-state index in [1.165, 1.54) is 0 Å². The quantitative estimate of drug-likeness (QED) is 0.781. The first kappa shape index (κ1) is 8.74. The second-order valence-corrected chi connectivity index (χ2v) is 3.20. The number of pyridine rings is 1. The van der Waals surface area contributed by atoms with Crippen LogP contribution in [0.4, 0.5) is 0 Å². The summed E-state index contributed by atoms with van der Waals surface area (Å²) in [5.41, 5.74) is 1.50. The molecule has 0 saturated heterocycles. The fourth-order valence-corrected chi connectivity index (χ4v) is 1.30. The number of aliphatic carboxylic acids is 1. The molecule has 0 aromatic carbocycles. The molecule has 14 heavy (non-hydrogen) atoms. The van der Waals surface area contributed by atoms with Crippen molar-refractivity contribution < 1.29 is 9.90 Å². The molecule has 4 heteroatoms. The Morgan fingerprint density at radius 1 is 1.57 bits per heavy atom. The van der Waals surface area contributed by atoms with E-state index < -0.39 is 11.9 Å². The van der Waals surface area contributed by atoms with Crippen molar-refractivity contribution >= 4 is 11.5 Å². The van der Waals surface area contributed by atoms with Gasteiger partial charge >= 0.3 is 5.97 Å². The molecule has 0 bridgehead atoms. The molecule has 0 aliphatic carbocycles. The number of fused-ring (bicyclic) bond motifs is 1. The summed E-state index contributed by atoms with van der Waals surface area (Å²) in [4.78, 5) is 10.7. The maximum atomic E-state index is 10.7. The largest absolute Gasteiger partial charge is 0.481 e. The van der Waals surface area contributed by atoms with Crippen molar-refractivity contribution in [3.8, 4) is 0 Å². The Labute approximate surface area is 80.8 Å². The lowest BCUT2D eigenvalue weighted by Gasteiger charge is -1.98. The van der Waals surface area contributed by atoms with Crippen molar-refractivity contribution in [2.75, 3.05) is 0 Å². The van der Waals surface area contributed by atoms with Gasteiger partial charge in [-0.05, 0) is 25.1 Å². The standard InChI is InChI=1S/C10H10N2O2/c1-7(10(13)14)9-6-8-4-2-3-5-12(8)11-9/h2-7H,1H3,(H,13,14). The highest BCUT2D eigenvalue weighted by Crippen LogP contribution is 2.15. The van der Waals surface area contributed by atoms with Gasteiger partial charge in [-0.1, -0.05) is 6.07 Å². The van der Waals surface area contributed by atoms with Gasteiger partial charge in [-0.2, -0.15) is 5.10 Å². The van der Waals surface area contributed by atoms with Crippen LogP contribution < -0.4 is 0 Å². The highest BCUT2D eigenvalue weighted by Gasteiger charge is 2.16. The number of hydrogen-bond acceptors (Lipinski definition) is 2. The molecule has 72 valence electrons. The van der Waals surface area contributed by atoms with Crippen molar-refractivity contribution in [1.29, 1.82) is 0 Å². The predicted octanol–water partition coefficient (Wildman–Crippen LogP) is 1.52. The molecule has 0 radical (unpaired) electrons. The molecule has 1 unspecified atom stereocenters. The molecular weight excluding hydrogens is 180 g/mol. The SMILES string of the molecule is CC(C(=O)O)c1cc2ccccn2n1. The number of hydrogen-bond donors (Lipinski definition) is 1. The van der Waals surface area contributed by atoms with Gasteiger partial charge in [0.05, 0.1) is 17.1 Å². The lowest BCUT2D eigenvalue weighted by molar-refractivity contribution is -0.138. The van der Waals surface area contributed by atoms with E-state index in [0.29, 0.717) is 5.69 Å². The van der Waals surface area contributed by atoms with Gasteiger partial charge in [-0.3, -0.25) is 4.79 Å². The molecule has 2 heterocycles. The highest BCUT2D eigenvalue weighted by atomic mass is 16.4. The van der Waals surface area contributed by atoms with Crippen LogP contribution in [0.15, 0.2) is 30.5 Å². The van der Waals surface area contributed by atoms with Gasteiger partial charge in [0, 0.05) is 6.20 Å². The summed E-state index contributed by atoms with van der Waals surface area (Å²) in [5.74, 6) is -1.41. The van der Waals surface area contributed by atoms with E-state index in [1.807, 2.05) is 18.2 Å². The average Bonchev–Trinajstić information content (AvgIpc) is 2.59. The topological polar surface area (TPSA) is 54.6 Å². The van der Waals surface area contributed by atoms with E-state index in [2.05, 4.69) is 5.10 Å². The number of nitrogens with zero attached hydrogens (tertiary/aromatic N) is 2. The number of carbonyl (C=O) groups is 1. The first-order valence-electron chi connectivity index (χ1n) is 4.35. The number of aromatic nitrogens is 2. The van der Waals surface area contributed by atoms with E-state index in [-0.39, 0.29) is 0 Å². The first-order valence-corrected chi connectivity index (χ1v) is 4.35. The molecule has 0 amide bonds. The Morgan fingerprint density at radius 3 is 3.00 bits per heavy atom. The van der Waals surface area contributed by atoms with E-state index in [9.17, 15) is 4.79 Å². The molecule has 2 aromatic heterocycles. The Balaban J connectivity index is 2.50. The lowest BCUT2D eigenvalue weighted by atomic mass is 10.1. The van der Waals surface area contributed by atoms with Gasteiger partial charge in [0.25, 0.3) is 0 Å². The van der Waals surface area contributed by atoms with Crippen molar-refractivity contribution in [1.82, 2.24) is 9.61 Å². The van der Waals surface area contributed by atoms with Gasteiger partial charge in [0.1, 0.15) is 0 Å². The second-order valence-electron chi connectivity index (χ2n) is 3.20. The molecule has 1 N–H and O–H groups in total. The minimum atomic E-state index is -0.853. The molecule has 2 aromatic rings. The summed E-state index contributed by atoms with van der Waals surface area (Å²) in [5, 5.41) is 13.0. The Hall–Kier alpha value is -1.84. The van der Waals surface area contributed by atoms with Crippen LogP contribution in [0.25, 0.3) is 5.52 Å². The normalized spacial score (nSPS) is 12.9. The maximum Gasteiger partial charge on any atom is 0.312 e. The van der Waals surface area contributed by atoms with Crippen LogP contribution in [-0.2, 0) is 4.79 Å². The fraction of sp³-hybridized carbons (Fsp3) is 0.200. The van der Waals surface area contributed by atoms with E-state index in [0.717, 1.165) is 5.52 Å². The summed E-state index contributed by atoms with van der Waals surface area (Å²) in [6.07, 6.45) is 1.80. The van der Waals surface area contributed by atoms with Gasteiger partial charge < -0.3 is 5.11 Å². The zero-order valence-electron chi connectivity index (χ0n) is 7.71. The minimum Gasteiger partial charge on any atom is -0.481 e. The van der Waals surface area contributed by atoms with Crippen molar-refractivity contribution in [3.63, 3.8) is 0 Å². The van der Waals surface area contributed by atoms with Crippen LogP contribution in [0.3, 0.4) is 0 Å². The zero-order valence-corrected chi connectivity index (χ0v) is 7.71. The highest BCUT2D eigenvalue weighted by molar-refractivity contribution is 5.75. The summed E-state index contributed by atoms with van der Waals surface area (Å²) >= 11 is 0. The second kappa shape index (κ2) is 3.14. The van der Waals surface area contributed by atoms with Gasteiger partial charge in [-0.15, -0.1) is 0 Å². The molecule has 0 spiro atoms. The predicted molar refractivity (Wildman–Crippen MR) is 51.2 cm³/mol. The summed E-state index contributed by atoms with van der Waals surface area (Å²) in [7, 11) is 0. The van der Waals surface area contributed by atoms with Crippen molar-refractivity contribution in [2.24, 2.45) is 0 Å². The van der Waals surface area contributed by atoms with Crippen LogP contribution >= 0.6 is 0 Å². The maximum absolute atomic E-state index is 10.7. The van der Waals surface area contributed by atoms with Gasteiger partial charge in [0.15, 0.2) is 0 Å². The molecule has 0 saturated carbocycles. The Morgan fingerprint density at radius 2 is 2.36 bits per heavy atom. The first-order chi connectivity index (χ1) is 6.68. The van der Waals surface area contributed by atoms with Crippen LogP contribution in [0, 0.1) is 0 Å². The molecule has 0 aliphatic heterocycles. The van der Waals surface area contributed by atoms with Gasteiger partial charge in [0.2, 0.25) is 0 Å². The number of rotatable bonds is 2. The zero-order chi connectivity index (χ0) is 10.1. The summed E-state index contributed by atoms with van der Waals surface area (Å²) in [6.45, 7) is 1.63. The van der Waals surface area contributed by atoms with Crippen molar-refractivity contribution in [3.05, 3.63) is 36.2 Å². The Bertz CT molecular complexity index is 443. The monoisotopic (exact) mass is 190 g/mol. The number of carboxylic acid groups (broad SMARTS) is 1. The van der Waals surface area contributed by atoms with Gasteiger partial charge in [-0.25, -0.2) is 4.52 Å². The van der Waals surface area contributed by atoms with Crippen LogP contribution in [0.2, 0.25) is 0 Å². The minimum absolute atomic E-state index is 0.560. The fourth-order valence-electron chi connectivity index (χ4n) is 1.30. The van der Waals surface area contributed by atoms with Crippen LogP contribution in [-0.4, -0.2) is 20.7 Å². The van der Waals surface area contributed by atoms with E-state index in [1.54, 1.807) is 23.7 Å². The third-order valence-corrected chi connectivity index (χ3v) is 2.20. The molecule has 2 rings (SSSR count). The average molecular weight is 190 g/mol. The molecular formula is C10H10N2O2. The summed E-state index contributed by atoms with van der Waals surface area (Å²) in [6, 6.07) is 7.44. The molecule has 0 fully saturated rings.